The highest BCUT2D eigenvalue weighted by molar-refractivity contribution is 5.90. The number of carbonyl (C=O) groups is 3. The first kappa shape index (κ1) is 20.5. The molecule has 8 heteroatoms. The molecule has 0 aromatic heterocycles. The molecule has 2 amide bonds. The molecule has 1 aromatic carbocycles. The monoisotopic (exact) mass is 377 g/mol. The molecular weight excluding hydrogens is 350 g/mol. The fourth-order valence-corrected chi connectivity index (χ4v) is 3.02. The number of nitrogens with zero attached hydrogens (tertiary/aromatic N) is 1. The number of nitrogens with one attached hydrogen (secondary N) is 2. The van der Waals surface area contributed by atoms with Gasteiger partial charge in [-0.15, -0.1) is 0 Å². The predicted molar refractivity (Wildman–Crippen MR) is 101 cm³/mol. The Hall–Kier alpha value is -2.77. The number of carboxylic acid groups (broad SMARTS) is 1. The van der Waals surface area contributed by atoms with Gasteiger partial charge >= 0.3 is 12.1 Å². The highest BCUT2D eigenvalue weighted by Gasteiger charge is 2.42. The number of piperidine rings is 1. The van der Waals surface area contributed by atoms with E-state index in [1.54, 1.807) is 24.1 Å². The van der Waals surface area contributed by atoms with Gasteiger partial charge in [0.15, 0.2) is 0 Å². The largest absolute Gasteiger partial charge is 0.478 e. The first-order valence-electron chi connectivity index (χ1n) is 8.88. The molecule has 27 heavy (non-hydrogen) atoms. The Morgan fingerprint density at radius 3 is 2.11 bits per heavy atom. The third kappa shape index (κ3) is 5.12. The first-order valence-corrected chi connectivity index (χ1v) is 8.88. The number of carbonyl (C=O) groups excluding carboxylic acids is 2. The van der Waals surface area contributed by atoms with Gasteiger partial charge in [-0.1, -0.05) is 0 Å². The number of benzene rings is 1. The number of anilines is 1. The lowest BCUT2D eigenvalue weighted by Crippen LogP contribution is -2.58. The van der Waals surface area contributed by atoms with Crippen LogP contribution in [0.25, 0.3) is 0 Å². The summed E-state index contributed by atoms with van der Waals surface area (Å²) in [5.74, 6) is -1.18. The van der Waals surface area contributed by atoms with Crippen molar-refractivity contribution in [3.05, 3.63) is 29.8 Å². The number of amides is 2. The Kier molecular flexibility index (Phi) is 5.98. The highest BCUT2D eigenvalue weighted by Crippen LogP contribution is 2.28. The summed E-state index contributed by atoms with van der Waals surface area (Å²) in [4.78, 5) is 37.4. The zero-order valence-electron chi connectivity index (χ0n) is 16.2. The molecule has 1 aromatic rings. The van der Waals surface area contributed by atoms with E-state index in [1.165, 1.54) is 12.1 Å². The number of ether oxygens (including phenoxy) is 1. The molecule has 0 aliphatic carbocycles. The van der Waals surface area contributed by atoms with Crippen molar-refractivity contribution in [2.75, 3.05) is 25.5 Å². The van der Waals surface area contributed by atoms with Crippen molar-refractivity contribution in [3.63, 3.8) is 0 Å². The van der Waals surface area contributed by atoms with Crippen molar-refractivity contribution < 1.29 is 24.2 Å². The lowest BCUT2D eigenvalue weighted by atomic mass is 9.86. The van der Waals surface area contributed by atoms with Crippen molar-refractivity contribution in [2.45, 2.75) is 44.8 Å². The van der Waals surface area contributed by atoms with E-state index >= 15 is 0 Å². The van der Waals surface area contributed by atoms with E-state index in [9.17, 15) is 14.4 Å². The molecule has 1 heterocycles. The van der Waals surface area contributed by atoms with E-state index in [1.807, 2.05) is 20.8 Å². The molecular formula is C19H27N3O5. The Bertz CT molecular complexity index is 701. The zero-order chi connectivity index (χ0) is 20.2. The predicted octanol–water partition coefficient (Wildman–Crippen LogP) is 2.31. The van der Waals surface area contributed by atoms with Gasteiger partial charge in [0.1, 0.15) is 11.1 Å². The molecule has 0 spiro atoms. The lowest BCUT2D eigenvalue weighted by molar-refractivity contribution is -0.126. The third-order valence-corrected chi connectivity index (χ3v) is 4.45. The number of aromatic carboxylic acids is 1. The number of hydrogen-bond donors (Lipinski definition) is 3. The molecule has 1 aliphatic heterocycles. The minimum atomic E-state index is -1.01. The molecule has 0 atom stereocenters. The van der Waals surface area contributed by atoms with Crippen molar-refractivity contribution >= 4 is 23.7 Å². The lowest BCUT2D eigenvalue weighted by Gasteiger charge is -2.41. The maximum atomic E-state index is 12.6. The SMILES string of the molecule is CNC(=O)C1(Nc2ccc(C(=O)O)cc2)CCN(C(=O)OC(C)(C)C)CC1. The average Bonchev–Trinajstić information content (AvgIpc) is 2.60. The quantitative estimate of drug-likeness (QED) is 0.743. The first-order chi connectivity index (χ1) is 12.6. The molecule has 148 valence electrons. The third-order valence-electron chi connectivity index (χ3n) is 4.45. The van der Waals surface area contributed by atoms with Gasteiger partial charge in [-0.05, 0) is 57.9 Å². The summed E-state index contributed by atoms with van der Waals surface area (Å²) in [5, 5.41) is 14.9. The number of hydrogen-bond acceptors (Lipinski definition) is 5. The van der Waals surface area contributed by atoms with Gasteiger partial charge < -0.3 is 25.4 Å². The van der Waals surface area contributed by atoms with Crippen LogP contribution in [0.15, 0.2) is 24.3 Å². The van der Waals surface area contributed by atoms with Gasteiger partial charge in [0.25, 0.3) is 0 Å². The normalized spacial score (nSPS) is 16.4. The maximum absolute atomic E-state index is 12.6. The van der Waals surface area contributed by atoms with Crippen LogP contribution in [-0.4, -0.2) is 59.3 Å². The van der Waals surface area contributed by atoms with Crippen LogP contribution in [0.2, 0.25) is 0 Å². The van der Waals surface area contributed by atoms with Crippen LogP contribution in [0, 0.1) is 0 Å². The van der Waals surface area contributed by atoms with Crippen LogP contribution in [-0.2, 0) is 9.53 Å². The standard InChI is InChI=1S/C19H27N3O5/c1-18(2,3)27-17(26)22-11-9-19(10-12-22,16(25)20-4)21-14-7-5-13(6-8-14)15(23)24/h5-8,21H,9-12H2,1-4H3,(H,20,25)(H,23,24). The summed E-state index contributed by atoms with van der Waals surface area (Å²) in [5.41, 5.74) is -0.627. The van der Waals surface area contributed by atoms with Crippen molar-refractivity contribution in [1.82, 2.24) is 10.2 Å². The van der Waals surface area contributed by atoms with Crippen molar-refractivity contribution in [2.24, 2.45) is 0 Å². The topological polar surface area (TPSA) is 108 Å². The Morgan fingerprint density at radius 1 is 1.11 bits per heavy atom. The Morgan fingerprint density at radius 2 is 1.67 bits per heavy atom. The Labute approximate surface area is 158 Å². The molecule has 0 radical (unpaired) electrons. The zero-order valence-corrected chi connectivity index (χ0v) is 16.2. The number of rotatable bonds is 4. The molecule has 2 rings (SSSR count). The average molecular weight is 377 g/mol. The van der Waals surface area contributed by atoms with E-state index in [0.29, 0.717) is 31.6 Å². The molecule has 0 unspecified atom stereocenters. The van der Waals surface area contributed by atoms with Gasteiger partial charge in [0.2, 0.25) is 5.91 Å². The fourth-order valence-electron chi connectivity index (χ4n) is 3.02. The second kappa shape index (κ2) is 7.85. The van der Waals surface area contributed by atoms with Crippen LogP contribution in [0.1, 0.15) is 44.0 Å². The summed E-state index contributed by atoms with van der Waals surface area (Å²) < 4.78 is 5.40. The highest BCUT2D eigenvalue weighted by atomic mass is 16.6. The molecule has 1 aliphatic rings. The molecule has 3 N–H and O–H groups in total. The molecule has 8 nitrogen and oxygen atoms in total. The van der Waals surface area contributed by atoms with Gasteiger partial charge in [-0.2, -0.15) is 0 Å². The summed E-state index contributed by atoms with van der Waals surface area (Å²) >= 11 is 0. The maximum Gasteiger partial charge on any atom is 0.410 e. The molecule has 1 saturated heterocycles. The molecule has 0 saturated carbocycles. The van der Waals surface area contributed by atoms with E-state index in [0.717, 1.165) is 0 Å². The summed E-state index contributed by atoms with van der Waals surface area (Å²) in [6.45, 7) is 6.19. The fraction of sp³-hybridized carbons (Fsp3) is 0.526. The van der Waals surface area contributed by atoms with Gasteiger partial charge in [-0.3, -0.25) is 4.79 Å². The minimum absolute atomic E-state index is 0.173. The van der Waals surface area contributed by atoms with Crippen molar-refractivity contribution in [1.29, 1.82) is 0 Å². The van der Waals surface area contributed by atoms with Crippen LogP contribution >= 0.6 is 0 Å². The van der Waals surface area contributed by atoms with E-state index in [-0.39, 0.29) is 17.6 Å². The smallest absolute Gasteiger partial charge is 0.410 e. The van der Waals surface area contributed by atoms with Crippen LogP contribution in [0.3, 0.4) is 0 Å². The van der Waals surface area contributed by atoms with Crippen LogP contribution in [0.4, 0.5) is 10.5 Å². The number of likely N-dealkylation sites (N-methyl/N-ethyl adjacent to an activating group) is 1. The van der Waals surface area contributed by atoms with Gasteiger partial charge in [0, 0.05) is 25.8 Å². The summed E-state index contributed by atoms with van der Waals surface area (Å²) in [7, 11) is 1.57. The van der Waals surface area contributed by atoms with E-state index in [2.05, 4.69) is 10.6 Å². The van der Waals surface area contributed by atoms with Gasteiger partial charge in [-0.25, -0.2) is 9.59 Å². The summed E-state index contributed by atoms with van der Waals surface area (Å²) in [6, 6.07) is 6.23. The minimum Gasteiger partial charge on any atom is -0.478 e. The number of likely N-dealkylation sites (tertiary alicyclic amines) is 1. The second-order valence-electron chi connectivity index (χ2n) is 7.64. The van der Waals surface area contributed by atoms with Crippen LogP contribution in [0.5, 0.6) is 0 Å². The van der Waals surface area contributed by atoms with E-state index < -0.39 is 17.1 Å². The van der Waals surface area contributed by atoms with Crippen LogP contribution < -0.4 is 10.6 Å². The second-order valence-corrected chi connectivity index (χ2v) is 7.64. The summed E-state index contributed by atoms with van der Waals surface area (Å²) in [6.07, 6.45) is 0.429. The molecule has 1 fully saturated rings. The Balaban J connectivity index is 2.11. The van der Waals surface area contributed by atoms with Gasteiger partial charge in [0.05, 0.1) is 5.56 Å². The number of carboxylic acids is 1. The molecule has 0 bridgehead atoms. The van der Waals surface area contributed by atoms with Crippen molar-refractivity contribution in [3.8, 4) is 0 Å². The van der Waals surface area contributed by atoms with E-state index in [4.69, 9.17) is 9.84 Å².